The Labute approximate surface area is 159 Å². The molecule has 1 amide bonds. The van der Waals surface area contributed by atoms with E-state index in [1.807, 2.05) is 0 Å². The lowest BCUT2D eigenvalue weighted by Gasteiger charge is -2.32. The average Bonchev–Trinajstić information content (AvgIpc) is 2.65. The van der Waals surface area contributed by atoms with Crippen LogP contribution < -0.4 is 5.73 Å². The normalized spacial score (nSPS) is 15.8. The summed E-state index contributed by atoms with van der Waals surface area (Å²) in [6.07, 6.45) is 4.26. The van der Waals surface area contributed by atoms with Gasteiger partial charge in [-0.05, 0) is 61.9 Å². The molecule has 0 unspecified atom stereocenters. The maximum Gasteiger partial charge on any atom is 0.217 e. The minimum Gasteiger partial charge on any atom is -0.370 e. The Kier molecular flexibility index (Phi) is 6.56. The third kappa shape index (κ3) is 5.86. The predicted molar refractivity (Wildman–Crippen MR) is 102 cm³/mol. The number of primary amides is 1. The summed E-state index contributed by atoms with van der Waals surface area (Å²) in [4.78, 5) is 13.1. The molecule has 0 atom stereocenters. The Balaban J connectivity index is 1.46. The van der Waals surface area contributed by atoms with Gasteiger partial charge >= 0.3 is 0 Å². The summed E-state index contributed by atoms with van der Waals surface area (Å²) in [6, 6.07) is 12.2. The third-order valence-electron chi connectivity index (χ3n) is 5.32. The summed E-state index contributed by atoms with van der Waals surface area (Å²) in [5.74, 6) is -0.647. The third-order valence-corrected chi connectivity index (χ3v) is 5.32. The Bertz CT molecular complexity index is 768. The van der Waals surface area contributed by atoms with E-state index < -0.39 is 11.6 Å². The lowest BCUT2D eigenvalue weighted by atomic mass is 9.89. The van der Waals surface area contributed by atoms with Gasteiger partial charge in [0.25, 0.3) is 0 Å². The van der Waals surface area contributed by atoms with Gasteiger partial charge in [-0.25, -0.2) is 8.78 Å². The van der Waals surface area contributed by atoms with Crippen molar-refractivity contribution in [3.05, 3.63) is 70.8 Å². The van der Waals surface area contributed by atoms with E-state index in [1.54, 1.807) is 0 Å². The largest absolute Gasteiger partial charge is 0.370 e. The first-order valence-electron chi connectivity index (χ1n) is 9.52. The van der Waals surface area contributed by atoms with Crippen LogP contribution in [0.15, 0.2) is 42.5 Å². The number of carbonyl (C=O) groups is 1. The van der Waals surface area contributed by atoms with Gasteiger partial charge in [-0.3, -0.25) is 9.69 Å². The van der Waals surface area contributed by atoms with Crippen LogP contribution in [-0.2, 0) is 24.2 Å². The lowest BCUT2D eigenvalue weighted by Crippen LogP contribution is -2.34. The van der Waals surface area contributed by atoms with Gasteiger partial charge in [0.15, 0.2) is 0 Å². The number of carbonyl (C=O) groups excluding carboxylic acids is 1. The van der Waals surface area contributed by atoms with Gasteiger partial charge in [0.05, 0.1) is 0 Å². The molecule has 0 spiro atoms. The smallest absolute Gasteiger partial charge is 0.217 e. The zero-order valence-corrected chi connectivity index (χ0v) is 15.5. The van der Waals surface area contributed by atoms with E-state index in [0.717, 1.165) is 44.0 Å². The number of likely N-dealkylation sites (tertiary alicyclic amines) is 1. The molecule has 0 bridgehead atoms. The molecule has 5 heteroatoms. The summed E-state index contributed by atoms with van der Waals surface area (Å²) in [7, 11) is 0. The van der Waals surface area contributed by atoms with Crippen LogP contribution in [0.3, 0.4) is 0 Å². The predicted octanol–water partition coefficient (Wildman–Crippen LogP) is 3.84. The van der Waals surface area contributed by atoms with E-state index in [9.17, 15) is 13.6 Å². The molecular formula is C22H26F2N2O. The van der Waals surface area contributed by atoms with Gasteiger partial charge in [-0.2, -0.15) is 0 Å². The number of aryl methyl sites for hydroxylation is 1. The van der Waals surface area contributed by atoms with Crippen molar-refractivity contribution in [3.8, 4) is 0 Å². The highest BCUT2D eigenvalue weighted by Crippen LogP contribution is 2.24. The zero-order valence-electron chi connectivity index (χ0n) is 15.5. The Hall–Kier alpha value is -2.27. The van der Waals surface area contributed by atoms with E-state index >= 15 is 0 Å². The van der Waals surface area contributed by atoms with E-state index in [4.69, 9.17) is 5.73 Å². The van der Waals surface area contributed by atoms with Gasteiger partial charge in [-0.15, -0.1) is 0 Å². The molecule has 0 aliphatic carbocycles. The number of amides is 1. The molecule has 2 aromatic carbocycles. The fourth-order valence-corrected chi connectivity index (χ4v) is 3.68. The molecule has 1 fully saturated rings. The first-order chi connectivity index (χ1) is 13.0. The molecule has 2 N–H and O–H groups in total. The van der Waals surface area contributed by atoms with Gasteiger partial charge in [-0.1, -0.05) is 30.3 Å². The van der Waals surface area contributed by atoms with Crippen molar-refractivity contribution in [2.45, 2.75) is 38.6 Å². The number of hydrogen-bond donors (Lipinski definition) is 1. The number of hydrogen-bond acceptors (Lipinski definition) is 2. The highest BCUT2D eigenvalue weighted by Gasteiger charge is 2.20. The van der Waals surface area contributed by atoms with Crippen LogP contribution >= 0.6 is 0 Å². The van der Waals surface area contributed by atoms with Crippen molar-refractivity contribution in [2.24, 2.45) is 11.7 Å². The topological polar surface area (TPSA) is 46.3 Å². The molecule has 2 aromatic rings. The van der Waals surface area contributed by atoms with Crippen molar-refractivity contribution in [2.75, 3.05) is 13.1 Å². The monoisotopic (exact) mass is 372 g/mol. The van der Waals surface area contributed by atoms with Crippen LogP contribution in [0, 0.1) is 17.6 Å². The van der Waals surface area contributed by atoms with E-state index in [0.29, 0.717) is 30.9 Å². The molecule has 27 heavy (non-hydrogen) atoms. The molecule has 1 saturated heterocycles. The van der Waals surface area contributed by atoms with Gasteiger partial charge in [0.1, 0.15) is 11.6 Å². The van der Waals surface area contributed by atoms with E-state index in [-0.39, 0.29) is 5.91 Å². The fourth-order valence-electron chi connectivity index (χ4n) is 3.68. The molecule has 1 aliphatic rings. The number of rotatable bonds is 7. The second-order valence-electron chi connectivity index (χ2n) is 7.44. The van der Waals surface area contributed by atoms with Gasteiger partial charge < -0.3 is 5.73 Å². The molecule has 0 saturated carbocycles. The molecular weight excluding hydrogens is 346 g/mol. The standard InChI is InChI=1S/C22H26F2N2O/c23-20-7-6-19(21(24)14-20)15-26-11-9-18(10-12-26)13-17-3-1-16(2-4-17)5-8-22(25)27/h1-4,6-7,14,18H,5,8-13,15H2,(H2,25,27). The van der Waals surface area contributed by atoms with Crippen molar-refractivity contribution < 1.29 is 13.6 Å². The van der Waals surface area contributed by atoms with Crippen LogP contribution in [0.1, 0.15) is 36.0 Å². The molecule has 3 nitrogen and oxygen atoms in total. The molecule has 0 aromatic heterocycles. The summed E-state index contributed by atoms with van der Waals surface area (Å²) >= 11 is 0. The molecule has 1 heterocycles. The minimum absolute atomic E-state index is 0.272. The van der Waals surface area contributed by atoms with Crippen LogP contribution in [0.5, 0.6) is 0 Å². The number of halogens is 2. The molecule has 1 aliphatic heterocycles. The van der Waals surface area contributed by atoms with Crippen LogP contribution in [0.25, 0.3) is 0 Å². The van der Waals surface area contributed by atoms with Crippen molar-refractivity contribution in [3.63, 3.8) is 0 Å². The molecule has 0 radical (unpaired) electrons. The summed E-state index contributed by atoms with van der Waals surface area (Å²) in [5, 5.41) is 0. The van der Waals surface area contributed by atoms with Crippen molar-refractivity contribution in [1.82, 2.24) is 4.90 Å². The summed E-state index contributed by atoms with van der Waals surface area (Å²) < 4.78 is 26.8. The molecule has 144 valence electrons. The second-order valence-corrected chi connectivity index (χ2v) is 7.44. The summed E-state index contributed by atoms with van der Waals surface area (Å²) in [5.41, 5.74) is 8.18. The zero-order chi connectivity index (χ0) is 19.2. The van der Waals surface area contributed by atoms with E-state index in [2.05, 4.69) is 29.2 Å². The number of benzene rings is 2. The Morgan fingerprint density at radius 2 is 1.70 bits per heavy atom. The molecule has 3 rings (SSSR count). The van der Waals surface area contributed by atoms with Gasteiger partial charge in [0, 0.05) is 24.6 Å². The number of piperidine rings is 1. The first-order valence-corrected chi connectivity index (χ1v) is 9.52. The fraction of sp³-hybridized carbons (Fsp3) is 0.409. The number of nitrogens with two attached hydrogens (primary N) is 1. The van der Waals surface area contributed by atoms with E-state index in [1.165, 1.54) is 17.7 Å². The minimum atomic E-state index is -0.532. The average molecular weight is 372 g/mol. The number of nitrogens with zero attached hydrogens (tertiary/aromatic N) is 1. The van der Waals surface area contributed by atoms with Crippen LogP contribution in [0.4, 0.5) is 8.78 Å². The van der Waals surface area contributed by atoms with Gasteiger partial charge in [0.2, 0.25) is 5.91 Å². The highest BCUT2D eigenvalue weighted by molar-refractivity contribution is 5.73. The maximum absolute atomic E-state index is 13.8. The second kappa shape index (κ2) is 9.09. The summed E-state index contributed by atoms with van der Waals surface area (Å²) in [6.45, 7) is 2.39. The SMILES string of the molecule is NC(=O)CCc1ccc(CC2CCN(Cc3ccc(F)cc3F)CC2)cc1. The highest BCUT2D eigenvalue weighted by atomic mass is 19.1. The lowest BCUT2D eigenvalue weighted by molar-refractivity contribution is -0.117. The quantitative estimate of drug-likeness (QED) is 0.803. The van der Waals surface area contributed by atoms with Crippen LogP contribution in [-0.4, -0.2) is 23.9 Å². The van der Waals surface area contributed by atoms with Crippen LogP contribution in [0.2, 0.25) is 0 Å². The van der Waals surface area contributed by atoms with Crippen molar-refractivity contribution in [1.29, 1.82) is 0 Å². The Morgan fingerprint density at radius 3 is 2.33 bits per heavy atom. The Morgan fingerprint density at radius 1 is 1.04 bits per heavy atom. The maximum atomic E-state index is 13.8. The van der Waals surface area contributed by atoms with Crippen molar-refractivity contribution >= 4 is 5.91 Å². The first kappa shape index (κ1) is 19.5.